The van der Waals surface area contributed by atoms with E-state index < -0.39 is 0 Å². The fourth-order valence-corrected chi connectivity index (χ4v) is 0.530. The van der Waals surface area contributed by atoms with Crippen molar-refractivity contribution in [3.05, 3.63) is 12.8 Å². The van der Waals surface area contributed by atoms with E-state index >= 15 is 0 Å². The van der Waals surface area contributed by atoms with Crippen LogP contribution in [0.1, 0.15) is 52.4 Å². The van der Waals surface area contributed by atoms with Gasteiger partial charge in [0.2, 0.25) is 0 Å². The standard InChI is InChI=1S/2C6H9.Ba/c2*1-3-5-6-4-2;/h2*3,5-6H2,1H3;/q2*-1;+2. The van der Waals surface area contributed by atoms with Crippen LogP contribution in [0.15, 0.2) is 0 Å². The second kappa shape index (κ2) is 23.0. The molecular weight excluding hydrogens is 281 g/mol. The molecule has 1 heteroatoms. The maximum atomic E-state index is 6.46. The van der Waals surface area contributed by atoms with Crippen molar-refractivity contribution in [3.8, 4) is 11.8 Å². The van der Waals surface area contributed by atoms with Crippen LogP contribution in [0.25, 0.3) is 0 Å². The second-order valence-corrected chi connectivity index (χ2v) is 2.56. The smallest absolute Gasteiger partial charge is 0.694 e. The van der Waals surface area contributed by atoms with E-state index in [9.17, 15) is 0 Å². The predicted octanol–water partition coefficient (Wildman–Crippen LogP) is 3.15. The average Bonchev–Trinajstić information content (AvgIpc) is 2.12. The fourth-order valence-electron chi connectivity index (χ4n) is 0.530. The van der Waals surface area contributed by atoms with Gasteiger partial charge in [0.25, 0.3) is 0 Å². The van der Waals surface area contributed by atoms with Crippen molar-refractivity contribution in [2.45, 2.75) is 52.4 Å². The molecule has 0 unspecified atom stereocenters. The Labute approximate surface area is 124 Å². The molecule has 0 saturated carbocycles. The molecule has 0 rings (SSSR count). The van der Waals surface area contributed by atoms with Crippen molar-refractivity contribution >= 4 is 48.9 Å². The van der Waals surface area contributed by atoms with E-state index in [-0.39, 0.29) is 48.9 Å². The van der Waals surface area contributed by atoms with Crippen LogP contribution in [0.5, 0.6) is 0 Å². The van der Waals surface area contributed by atoms with Gasteiger partial charge in [0.05, 0.1) is 0 Å². The SMILES string of the molecule is [Ba+2].[C-]#CCCCC.[C-]#CCCCC. The van der Waals surface area contributed by atoms with E-state index in [1.807, 2.05) is 0 Å². The Kier molecular flexibility index (Phi) is 34.1. The van der Waals surface area contributed by atoms with Crippen LogP contribution in [-0.4, -0.2) is 48.9 Å². The molecular formula is C12H18Ba. The maximum absolute atomic E-state index is 6.46. The van der Waals surface area contributed by atoms with Crippen LogP contribution in [0.4, 0.5) is 0 Å². The number of rotatable bonds is 4. The van der Waals surface area contributed by atoms with Crippen molar-refractivity contribution in [3.63, 3.8) is 0 Å². The quantitative estimate of drug-likeness (QED) is 0.324. The predicted molar refractivity (Wildman–Crippen MR) is 59.1 cm³/mol. The Morgan fingerprint density at radius 3 is 1.23 bits per heavy atom. The van der Waals surface area contributed by atoms with Gasteiger partial charge in [0.1, 0.15) is 0 Å². The van der Waals surface area contributed by atoms with E-state index in [4.69, 9.17) is 12.8 Å². The molecule has 0 aliphatic rings. The summed E-state index contributed by atoms with van der Waals surface area (Å²) in [5.74, 6) is 4.64. The van der Waals surface area contributed by atoms with Crippen molar-refractivity contribution in [1.82, 2.24) is 0 Å². The van der Waals surface area contributed by atoms with Gasteiger partial charge in [0.15, 0.2) is 0 Å². The van der Waals surface area contributed by atoms with Crippen LogP contribution < -0.4 is 0 Å². The van der Waals surface area contributed by atoms with Crippen molar-refractivity contribution in [2.75, 3.05) is 0 Å². The summed E-state index contributed by atoms with van der Waals surface area (Å²) in [4.78, 5) is 0. The van der Waals surface area contributed by atoms with E-state index in [0.29, 0.717) is 0 Å². The Bertz CT molecular complexity index is 118. The molecule has 68 valence electrons. The fraction of sp³-hybridized carbons (Fsp3) is 0.667. The first-order chi connectivity index (χ1) is 5.83. The number of hydrogen-bond donors (Lipinski definition) is 0. The minimum absolute atomic E-state index is 0. The monoisotopic (exact) mass is 300 g/mol. The van der Waals surface area contributed by atoms with Crippen LogP contribution in [0.2, 0.25) is 0 Å². The Morgan fingerprint density at radius 1 is 0.846 bits per heavy atom. The molecule has 0 aromatic rings. The summed E-state index contributed by atoms with van der Waals surface area (Å²) in [5, 5.41) is 0. The first-order valence-electron chi connectivity index (χ1n) is 4.62. The summed E-state index contributed by atoms with van der Waals surface area (Å²) >= 11 is 0. The molecule has 0 nitrogen and oxygen atoms in total. The zero-order valence-corrected chi connectivity index (χ0v) is 13.4. The Morgan fingerprint density at radius 2 is 1.15 bits per heavy atom. The van der Waals surface area contributed by atoms with Crippen LogP contribution >= 0.6 is 0 Å². The van der Waals surface area contributed by atoms with Crippen molar-refractivity contribution in [1.29, 1.82) is 0 Å². The molecule has 0 aromatic carbocycles. The van der Waals surface area contributed by atoms with E-state index in [1.165, 1.54) is 12.8 Å². The van der Waals surface area contributed by atoms with Gasteiger partial charge in [-0.3, -0.25) is 0 Å². The molecule has 0 spiro atoms. The van der Waals surface area contributed by atoms with Crippen LogP contribution in [0, 0.1) is 24.7 Å². The molecule has 0 saturated heterocycles. The molecule has 0 heterocycles. The van der Waals surface area contributed by atoms with Crippen molar-refractivity contribution in [2.24, 2.45) is 0 Å². The van der Waals surface area contributed by atoms with Gasteiger partial charge in [-0.25, -0.2) is 0 Å². The zero-order chi connectivity index (χ0) is 9.66. The first-order valence-corrected chi connectivity index (χ1v) is 4.62. The van der Waals surface area contributed by atoms with E-state index in [1.54, 1.807) is 0 Å². The molecule has 0 amide bonds. The summed E-state index contributed by atoms with van der Waals surface area (Å²) < 4.78 is 0. The molecule has 0 aromatic heterocycles. The van der Waals surface area contributed by atoms with Crippen molar-refractivity contribution < 1.29 is 0 Å². The summed E-state index contributed by atoms with van der Waals surface area (Å²) in [6.07, 6.45) is 19.1. The summed E-state index contributed by atoms with van der Waals surface area (Å²) in [6.45, 7) is 4.22. The summed E-state index contributed by atoms with van der Waals surface area (Å²) in [7, 11) is 0. The second-order valence-electron chi connectivity index (χ2n) is 2.56. The van der Waals surface area contributed by atoms with Gasteiger partial charge in [-0.1, -0.05) is 26.7 Å². The Balaban J connectivity index is -0.000000143. The third-order valence-corrected chi connectivity index (χ3v) is 1.31. The summed E-state index contributed by atoms with van der Waals surface area (Å²) in [5.41, 5.74) is 0. The van der Waals surface area contributed by atoms with Gasteiger partial charge < -0.3 is 24.7 Å². The van der Waals surface area contributed by atoms with E-state index in [2.05, 4.69) is 25.7 Å². The van der Waals surface area contributed by atoms with Crippen LogP contribution in [-0.2, 0) is 0 Å². The molecule has 0 fully saturated rings. The molecule has 0 aliphatic heterocycles. The Hall–Kier alpha value is 0.691. The minimum atomic E-state index is 0. The minimum Gasteiger partial charge on any atom is -0.694 e. The zero-order valence-electron chi connectivity index (χ0n) is 8.95. The van der Waals surface area contributed by atoms with Gasteiger partial charge in [-0.2, -0.15) is 0 Å². The molecule has 0 N–H and O–H groups in total. The van der Waals surface area contributed by atoms with E-state index in [0.717, 1.165) is 25.7 Å². The molecule has 0 atom stereocenters. The van der Waals surface area contributed by atoms with Gasteiger partial charge in [-0.05, 0) is 25.7 Å². The first kappa shape index (κ1) is 19.3. The molecule has 0 aliphatic carbocycles. The summed E-state index contributed by atoms with van der Waals surface area (Å²) in [6, 6.07) is 0. The third kappa shape index (κ3) is 32.4. The average molecular weight is 300 g/mol. The molecule has 0 bridgehead atoms. The topological polar surface area (TPSA) is 0 Å². The normalized spacial score (nSPS) is 6.77. The van der Waals surface area contributed by atoms with Gasteiger partial charge in [0, 0.05) is 0 Å². The van der Waals surface area contributed by atoms with Gasteiger partial charge in [-0.15, -0.1) is 0 Å². The molecule has 0 radical (unpaired) electrons. The number of hydrogen-bond acceptors (Lipinski definition) is 0. The number of unbranched alkanes of at least 4 members (excludes halogenated alkanes) is 4. The largest absolute Gasteiger partial charge is 2.00 e. The third-order valence-electron chi connectivity index (χ3n) is 1.31. The molecule has 13 heavy (non-hydrogen) atoms. The van der Waals surface area contributed by atoms with Gasteiger partial charge >= 0.3 is 48.9 Å². The maximum Gasteiger partial charge on any atom is 2.00 e. The van der Waals surface area contributed by atoms with Crippen LogP contribution in [0.3, 0.4) is 0 Å².